The minimum absolute atomic E-state index is 0.0410. The van der Waals surface area contributed by atoms with E-state index in [9.17, 15) is 4.79 Å². The highest BCUT2D eigenvalue weighted by molar-refractivity contribution is 5.90. The highest BCUT2D eigenvalue weighted by Gasteiger charge is 2.07. The van der Waals surface area contributed by atoms with Crippen LogP contribution < -0.4 is 15.4 Å². The summed E-state index contributed by atoms with van der Waals surface area (Å²) in [6.07, 6.45) is 0.726. The van der Waals surface area contributed by atoms with Gasteiger partial charge in [-0.05, 0) is 42.2 Å². The average molecular weight is 314 g/mol. The summed E-state index contributed by atoms with van der Waals surface area (Å²) < 4.78 is 5.26. The van der Waals surface area contributed by atoms with Gasteiger partial charge in [0.1, 0.15) is 5.75 Å². The van der Waals surface area contributed by atoms with Crippen LogP contribution in [0.1, 0.15) is 16.7 Å². The summed E-state index contributed by atoms with van der Waals surface area (Å²) in [5, 5.41) is 14.6. The van der Waals surface area contributed by atoms with Crippen LogP contribution in [0.4, 0.5) is 10.5 Å². The monoisotopic (exact) mass is 314 g/mol. The van der Waals surface area contributed by atoms with Crippen LogP contribution in [0.15, 0.2) is 42.5 Å². The van der Waals surface area contributed by atoms with Gasteiger partial charge in [0.2, 0.25) is 0 Å². The number of hydrogen-bond donors (Lipinski definition) is 3. The van der Waals surface area contributed by atoms with E-state index in [1.54, 1.807) is 7.11 Å². The zero-order valence-electron chi connectivity index (χ0n) is 13.4. The van der Waals surface area contributed by atoms with Crippen LogP contribution >= 0.6 is 0 Å². The first-order chi connectivity index (χ1) is 11.1. The number of amides is 2. The largest absolute Gasteiger partial charge is 0.495 e. The molecule has 2 rings (SSSR count). The predicted octanol–water partition coefficient (Wildman–Crippen LogP) is 2.86. The molecule has 0 unspecified atom stereocenters. The summed E-state index contributed by atoms with van der Waals surface area (Å²) in [4.78, 5) is 11.9. The first-order valence-electron chi connectivity index (χ1n) is 7.50. The van der Waals surface area contributed by atoms with Crippen LogP contribution in [0.25, 0.3) is 0 Å². The van der Waals surface area contributed by atoms with E-state index in [1.807, 2.05) is 49.4 Å². The van der Waals surface area contributed by atoms with Gasteiger partial charge >= 0.3 is 6.03 Å². The fourth-order valence-electron chi connectivity index (χ4n) is 2.20. The zero-order valence-corrected chi connectivity index (χ0v) is 13.4. The highest BCUT2D eigenvalue weighted by Crippen LogP contribution is 2.24. The van der Waals surface area contributed by atoms with E-state index in [4.69, 9.17) is 9.84 Å². The lowest BCUT2D eigenvalue weighted by molar-refractivity contribution is 0.252. The highest BCUT2D eigenvalue weighted by atomic mass is 16.5. The van der Waals surface area contributed by atoms with Gasteiger partial charge in [-0.3, -0.25) is 0 Å². The maximum atomic E-state index is 11.9. The van der Waals surface area contributed by atoms with Gasteiger partial charge < -0.3 is 20.5 Å². The topological polar surface area (TPSA) is 70.6 Å². The smallest absolute Gasteiger partial charge is 0.319 e. The van der Waals surface area contributed by atoms with Gasteiger partial charge in [0.05, 0.1) is 19.4 Å². The fourth-order valence-corrected chi connectivity index (χ4v) is 2.20. The quantitative estimate of drug-likeness (QED) is 0.768. The van der Waals surface area contributed by atoms with Crippen LogP contribution in [0.3, 0.4) is 0 Å². The molecule has 0 aliphatic carbocycles. The Morgan fingerprint density at radius 1 is 1.13 bits per heavy atom. The Bertz CT molecular complexity index is 654. The molecule has 0 aliphatic heterocycles. The molecule has 5 nitrogen and oxygen atoms in total. The standard InChI is InChI=1S/C18H22N2O3/c1-13-3-8-16(17(11-13)23-2)20-18(22)19-10-9-14-4-6-15(12-21)7-5-14/h3-8,11,21H,9-10,12H2,1-2H3,(H2,19,20,22). The number of benzene rings is 2. The third-order valence-corrected chi connectivity index (χ3v) is 3.51. The SMILES string of the molecule is COc1cc(C)ccc1NC(=O)NCCc1ccc(CO)cc1. The molecule has 0 fully saturated rings. The molecule has 0 aromatic heterocycles. The van der Waals surface area contributed by atoms with Crippen molar-refractivity contribution in [3.63, 3.8) is 0 Å². The lowest BCUT2D eigenvalue weighted by Gasteiger charge is -2.12. The predicted molar refractivity (Wildman–Crippen MR) is 90.8 cm³/mol. The van der Waals surface area contributed by atoms with Crippen LogP contribution in [-0.4, -0.2) is 24.8 Å². The number of aryl methyl sites for hydroxylation is 1. The lowest BCUT2D eigenvalue weighted by Crippen LogP contribution is -2.30. The van der Waals surface area contributed by atoms with Gasteiger partial charge in [-0.15, -0.1) is 0 Å². The normalized spacial score (nSPS) is 10.2. The number of carbonyl (C=O) groups excluding carboxylic acids is 1. The van der Waals surface area contributed by atoms with E-state index in [0.29, 0.717) is 18.0 Å². The van der Waals surface area contributed by atoms with Crippen molar-refractivity contribution in [1.29, 1.82) is 0 Å². The molecular formula is C18H22N2O3. The third-order valence-electron chi connectivity index (χ3n) is 3.51. The number of urea groups is 1. The molecule has 5 heteroatoms. The van der Waals surface area contributed by atoms with Crippen molar-refractivity contribution in [1.82, 2.24) is 5.32 Å². The Labute approximate surface area is 136 Å². The molecule has 0 atom stereocenters. The summed E-state index contributed by atoms with van der Waals surface area (Å²) in [5.74, 6) is 0.639. The van der Waals surface area contributed by atoms with Crippen molar-refractivity contribution in [3.8, 4) is 5.75 Å². The summed E-state index contributed by atoms with van der Waals surface area (Å²) in [6, 6.07) is 13.0. The summed E-state index contributed by atoms with van der Waals surface area (Å²) in [5.41, 5.74) is 3.70. The number of rotatable bonds is 6. The van der Waals surface area contributed by atoms with E-state index in [-0.39, 0.29) is 12.6 Å². The maximum absolute atomic E-state index is 11.9. The van der Waals surface area contributed by atoms with Gasteiger partial charge in [-0.25, -0.2) is 4.79 Å². The molecule has 122 valence electrons. The Hall–Kier alpha value is -2.53. The maximum Gasteiger partial charge on any atom is 0.319 e. The summed E-state index contributed by atoms with van der Waals surface area (Å²) in [6.45, 7) is 2.53. The summed E-state index contributed by atoms with van der Waals surface area (Å²) >= 11 is 0. The second-order valence-corrected chi connectivity index (χ2v) is 5.31. The molecule has 0 saturated heterocycles. The third kappa shape index (κ3) is 5.00. The number of ether oxygens (including phenoxy) is 1. The van der Waals surface area contributed by atoms with Gasteiger partial charge in [-0.2, -0.15) is 0 Å². The second kappa shape index (κ2) is 8.19. The fraction of sp³-hybridized carbons (Fsp3) is 0.278. The van der Waals surface area contributed by atoms with E-state index in [2.05, 4.69) is 10.6 Å². The van der Waals surface area contributed by atoms with Crippen molar-refractivity contribution in [2.75, 3.05) is 19.0 Å². The molecule has 0 saturated carbocycles. The Kier molecular flexibility index (Phi) is 6.00. The van der Waals surface area contributed by atoms with Crippen molar-refractivity contribution in [2.45, 2.75) is 20.0 Å². The van der Waals surface area contributed by atoms with Gasteiger partial charge in [0, 0.05) is 6.54 Å². The van der Waals surface area contributed by atoms with Crippen LogP contribution in [0, 0.1) is 6.92 Å². The van der Waals surface area contributed by atoms with Crippen molar-refractivity contribution >= 4 is 11.7 Å². The van der Waals surface area contributed by atoms with Crippen LogP contribution in [0.5, 0.6) is 5.75 Å². The molecule has 0 radical (unpaired) electrons. The van der Waals surface area contributed by atoms with E-state index in [1.165, 1.54) is 0 Å². The van der Waals surface area contributed by atoms with Crippen molar-refractivity contribution < 1.29 is 14.6 Å². The lowest BCUT2D eigenvalue weighted by atomic mass is 10.1. The molecule has 0 aliphatic rings. The first kappa shape index (κ1) is 16.8. The first-order valence-corrected chi connectivity index (χ1v) is 7.50. The molecule has 3 N–H and O–H groups in total. The summed E-state index contributed by atoms with van der Waals surface area (Å²) in [7, 11) is 1.58. The Morgan fingerprint density at radius 2 is 1.83 bits per heavy atom. The minimum atomic E-state index is -0.265. The van der Waals surface area contributed by atoms with E-state index < -0.39 is 0 Å². The molecule has 0 bridgehead atoms. The van der Waals surface area contributed by atoms with Gasteiger partial charge in [0.15, 0.2) is 0 Å². The molecule has 2 aromatic rings. The van der Waals surface area contributed by atoms with Crippen molar-refractivity contribution in [3.05, 3.63) is 59.2 Å². The van der Waals surface area contributed by atoms with Crippen LogP contribution in [0.2, 0.25) is 0 Å². The number of methoxy groups -OCH3 is 1. The van der Waals surface area contributed by atoms with Gasteiger partial charge in [-0.1, -0.05) is 30.3 Å². The Morgan fingerprint density at radius 3 is 2.48 bits per heavy atom. The molecule has 0 heterocycles. The molecular weight excluding hydrogens is 292 g/mol. The van der Waals surface area contributed by atoms with Crippen molar-refractivity contribution in [2.24, 2.45) is 0 Å². The minimum Gasteiger partial charge on any atom is -0.495 e. The number of hydrogen-bond acceptors (Lipinski definition) is 3. The zero-order chi connectivity index (χ0) is 16.7. The molecule has 0 spiro atoms. The second-order valence-electron chi connectivity index (χ2n) is 5.31. The number of carbonyl (C=O) groups is 1. The van der Waals surface area contributed by atoms with E-state index in [0.717, 1.165) is 23.1 Å². The number of aliphatic hydroxyl groups excluding tert-OH is 1. The van der Waals surface area contributed by atoms with E-state index >= 15 is 0 Å². The van der Waals surface area contributed by atoms with Crippen LogP contribution in [-0.2, 0) is 13.0 Å². The van der Waals surface area contributed by atoms with Gasteiger partial charge in [0.25, 0.3) is 0 Å². The number of aliphatic hydroxyl groups is 1. The molecule has 2 aromatic carbocycles. The number of anilines is 1. The molecule has 2 amide bonds. The average Bonchev–Trinajstić information content (AvgIpc) is 2.57. The molecule has 23 heavy (non-hydrogen) atoms. The number of nitrogens with one attached hydrogen (secondary N) is 2. The Balaban J connectivity index is 1.83.